The van der Waals surface area contributed by atoms with Gasteiger partial charge < -0.3 is 15.7 Å². The van der Waals surface area contributed by atoms with E-state index in [0.29, 0.717) is 17.6 Å². The largest absolute Gasteiger partial charge is 0.481 e. The number of para-hydroxylation sites is 1. The first-order chi connectivity index (χ1) is 14.0. The van der Waals surface area contributed by atoms with Crippen molar-refractivity contribution in [2.45, 2.75) is 20.3 Å². The fourth-order valence-electron chi connectivity index (χ4n) is 3.10. The Hall–Kier alpha value is -3.94. The van der Waals surface area contributed by atoms with Gasteiger partial charge >= 0.3 is 5.97 Å². The van der Waals surface area contributed by atoms with Crippen LogP contribution in [0, 0.1) is 13.8 Å². The average Bonchev–Trinajstić information content (AvgIpc) is 3.08. The molecule has 146 valence electrons. The monoisotopic (exact) mass is 388 g/mol. The third kappa shape index (κ3) is 4.16. The lowest BCUT2D eigenvalue weighted by Crippen LogP contribution is -2.04. The summed E-state index contributed by atoms with van der Waals surface area (Å²) in [5, 5.41) is 23.4. The van der Waals surface area contributed by atoms with Crippen LogP contribution in [0.1, 0.15) is 16.8 Å². The number of aromatic amines is 1. The normalized spacial score (nSPS) is 10.8. The van der Waals surface area contributed by atoms with Gasteiger partial charge in [0.2, 0.25) is 5.95 Å². The van der Waals surface area contributed by atoms with Crippen LogP contribution in [-0.4, -0.2) is 31.2 Å². The summed E-state index contributed by atoms with van der Waals surface area (Å²) in [5.74, 6) is 0.898. The Kier molecular flexibility index (Phi) is 4.82. The maximum absolute atomic E-state index is 11.0. The second kappa shape index (κ2) is 7.59. The first kappa shape index (κ1) is 18.4. The van der Waals surface area contributed by atoms with Gasteiger partial charge in [-0.3, -0.25) is 9.89 Å². The smallest absolute Gasteiger partial charge is 0.307 e. The van der Waals surface area contributed by atoms with E-state index in [9.17, 15) is 4.79 Å². The number of fused-ring (bicyclic) bond motifs is 1. The third-order valence-electron chi connectivity index (χ3n) is 4.50. The summed E-state index contributed by atoms with van der Waals surface area (Å²) in [6.45, 7) is 3.82. The van der Waals surface area contributed by atoms with Crippen molar-refractivity contribution in [3.8, 4) is 0 Å². The van der Waals surface area contributed by atoms with Crippen LogP contribution in [0.15, 0.2) is 48.5 Å². The molecule has 0 amide bonds. The van der Waals surface area contributed by atoms with E-state index in [0.717, 1.165) is 33.4 Å². The number of H-pyrrole nitrogens is 1. The van der Waals surface area contributed by atoms with Gasteiger partial charge in [0.25, 0.3) is 0 Å². The number of carbonyl (C=O) groups is 1. The summed E-state index contributed by atoms with van der Waals surface area (Å²) in [6, 6.07) is 15.1. The zero-order valence-electron chi connectivity index (χ0n) is 16.0. The Morgan fingerprint density at radius 2 is 1.90 bits per heavy atom. The van der Waals surface area contributed by atoms with Gasteiger partial charge in [0.05, 0.1) is 11.9 Å². The molecule has 2 heterocycles. The van der Waals surface area contributed by atoms with Crippen molar-refractivity contribution in [2.75, 3.05) is 10.6 Å². The van der Waals surface area contributed by atoms with Crippen molar-refractivity contribution in [1.82, 2.24) is 20.2 Å². The topological polar surface area (TPSA) is 116 Å². The number of hydrogen-bond donors (Lipinski definition) is 4. The predicted molar refractivity (Wildman–Crippen MR) is 112 cm³/mol. The summed E-state index contributed by atoms with van der Waals surface area (Å²) in [6.07, 6.45) is -0.00423. The van der Waals surface area contributed by atoms with Gasteiger partial charge in [0.15, 0.2) is 5.82 Å². The highest BCUT2D eigenvalue weighted by Crippen LogP contribution is 2.26. The van der Waals surface area contributed by atoms with Crippen LogP contribution in [0.5, 0.6) is 0 Å². The van der Waals surface area contributed by atoms with Crippen molar-refractivity contribution in [3.05, 3.63) is 65.4 Å². The average molecular weight is 388 g/mol. The van der Waals surface area contributed by atoms with E-state index >= 15 is 0 Å². The van der Waals surface area contributed by atoms with Gasteiger partial charge in [0.1, 0.15) is 5.82 Å². The van der Waals surface area contributed by atoms with Crippen LogP contribution in [-0.2, 0) is 11.2 Å². The summed E-state index contributed by atoms with van der Waals surface area (Å²) in [5.41, 5.74) is 4.19. The van der Waals surface area contributed by atoms with E-state index < -0.39 is 5.97 Å². The number of hydrogen-bond acceptors (Lipinski definition) is 6. The summed E-state index contributed by atoms with van der Waals surface area (Å²) in [7, 11) is 0. The maximum Gasteiger partial charge on any atom is 0.307 e. The number of nitrogens with one attached hydrogen (secondary N) is 3. The lowest BCUT2D eigenvalue weighted by atomic mass is 10.1. The van der Waals surface area contributed by atoms with E-state index in [1.807, 2.05) is 56.3 Å². The van der Waals surface area contributed by atoms with Crippen molar-refractivity contribution in [1.29, 1.82) is 0 Å². The fourth-order valence-corrected chi connectivity index (χ4v) is 3.10. The molecule has 0 aliphatic heterocycles. The molecule has 29 heavy (non-hydrogen) atoms. The van der Waals surface area contributed by atoms with Crippen LogP contribution in [0.3, 0.4) is 0 Å². The highest BCUT2D eigenvalue weighted by Gasteiger charge is 2.11. The number of carboxylic acids is 1. The quantitative estimate of drug-likeness (QED) is 0.393. The Balaban J connectivity index is 1.67. The zero-order valence-corrected chi connectivity index (χ0v) is 16.0. The van der Waals surface area contributed by atoms with Crippen LogP contribution in [0.25, 0.3) is 10.9 Å². The van der Waals surface area contributed by atoms with Crippen molar-refractivity contribution < 1.29 is 9.90 Å². The van der Waals surface area contributed by atoms with Gasteiger partial charge in [-0.15, -0.1) is 0 Å². The van der Waals surface area contributed by atoms with E-state index in [1.165, 1.54) is 0 Å². The molecule has 4 N–H and O–H groups in total. The van der Waals surface area contributed by atoms with Crippen molar-refractivity contribution >= 4 is 40.1 Å². The first-order valence-corrected chi connectivity index (χ1v) is 9.12. The minimum absolute atomic E-state index is 0.00423. The number of anilines is 4. The molecular formula is C21H20N6O2. The molecule has 0 unspecified atom stereocenters. The summed E-state index contributed by atoms with van der Waals surface area (Å²) >= 11 is 0. The molecule has 0 atom stereocenters. The Morgan fingerprint density at radius 1 is 1.07 bits per heavy atom. The molecule has 2 aromatic carbocycles. The molecule has 8 nitrogen and oxygen atoms in total. The van der Waals surface area contributed by atoms with Crippen molar-refractivity contribution in [3.63, 3.8) is 0 Å². The maximum atomic E-state index is 11.0. The lowest BCUT2D eigenvalue weighted by molar-refractivity contribution is -0.136. The first-order valence-electron chi connectivity index (χ1n) is 9.12. The molecule has 0 fully saturated rings. The highest BCUT2D eigenvalue weighted by atomic mass is 16.4. The number of benzene rings is 2. The van der Waals surface area contributed by atoms with Crippen LogP contribution >= 0.6 is 0 Å². The Morgan fingerprint density at radius 3 is 2.62 bits per heavy atom. The van der Waals surface area contributed by atoms with Gasteiger partial charge in [-0.25, -0.2) is 4.98 Å². The fraction of sp³-hybridized carbons (Fsp3) is 0.143. The molecule has 0 saturated carbocycles. The second-order valence-electron chi connectivity index (χ2n) is 6.81. The number of aryl methyl sites for hydroxylation is 2. The van der Waals surface area contributed by atoms with Gasteiger partial charge in [-0.05, 0) is 49.2 Å². The Bertz CT molecular complexity index is 1200. The van der Waals surface area contributed by atoms with Gasteiger partial charge in [0, 0.05) is 22.8 Å². The molecule has 0 saturated heterocycles. The molecule has 0 bridgehead atoms. The standard InChI is InChI=1S/C21H20N6O2/c1-12-9-15(8-7-14(12)11-19(28)29)22-21-23-17-6-4-3-5-16(17)20(25-21)24-18-10-13(2)26-27-18/h3-10H,11H2,1-2H3,(H,28,29)(H3,22,23,24,25,26,27). The van der Waals surface area contributed by atoms with E-state index in [4.69, 9.17) is 5.11 Å². The summed E-state index contributed by atoms with van der Waals surface area (Å²) < 4.78 is 0. The van der Waals surface area contributed by atoms with Crippen molar-refractivity contribution in [2.24, 2.45) is 0 Å². The number of nitrogens with zero attached hydrogens (tertiary/aromatic N) is 3. The Labute approximate surface area is 167 Å². The molecule has 4 aromatic rings. The third-order valence-corrected chi connectivity index (χ3v) is 4.50. The minimum atomic E-state index is -0.851. The molecule has 0 spiro atoms. The van der Waals surface area contributed by atoms with Crippen LogP contribution in [0.2, 0.25) is 0 Å². The molecule has 0 radical (unpaired) electrons. The van der Waals surface area contributed by atoms with Gasteiger partial charge in [-0.1, -0.05) is 18.2 Å². The molecule has 0 aliphatic carbocycles. The van der Waals surface area contributed by atoms with Crippen LogP contribution in [0.4, 0.5) is 23.3 Å². The second-order valence-corrected chi connectivity index (χ2v) is 6.81. The molecule has 8 heteroatoms. The molecule has 0 aliphatic rings. The number of aromatic nitrogens is 4. The van der Waals surface area contributed by atoms with Crippen LogP contribution < -0.4 is 10.6 Å². The summed E-state index contributed by atoms with van der Waals surface area (Å²) in [4.78, 5) is 20.2. The van der Waals surface area contributed by atoms with E-state index in [-0.39, 0.29) is 6.42 Å². The minimum Gasteiger partial charge on any atom is -0.481 e. The molecule has 4 rings (SSSR count). The zero-order chi connectivity index (χ0) is 20.4. The highest BCUT2D eigenvalue weighted by molar-refractivity contribution is 5.91. The lowest BCUT2D eigenvalue weighted by Gasteiger charge is -2.12. The molecular weight excluding hydrogens is 368 g/mol. The molecule has 2 aromatic heterocycles. The number of carboxylic acid groups (broad SMARTS) is 1. The SMILES string of the molecule is Cc1cc(Nc2nc(Nc3ccc(CC(=O)O)c(C)c3)nc3ccccc23)n[nH]1. The number of rotatable bonds is 6. The number of aliphatic carboxylic acids is 1. The van der Waals surface area contributed by atoms with Gasteiger partial charge in [-0.2, -0.15) is 10.1 Å². The van der Waals surface area contributed by atoms with E-state index in [2.05, 4.69) is 30.8 Å². The van der Waals surface area contributed by atoms with E-state index in [1.54, 1.807) is 6.07 Å². The predicted octanol–water partition coefficient (Wildman–Crippen LogP) is 4.08.